The van der Waals surface area contributed by atoms with Gasteiger partial charge in [0.1, 0.15) is 17.4 Å². The number of carbonyl (C=O) groups excluding carboxylic acids is 1. The topological polar surface area (TPSA) is 51.7 Å². The Morgan fingerprint density at radius 3 is 3.00 bits per heavy atom. The Balaban J connectivity index is 1.33. The molecule has 4 rings (SSSR count). The Bertz CT molecular complexity index is 732. The van der Waals surface area contributed by atoms with Crippen LogP contribution < -0.4 is 4.74 Å². The van der Waals surface area contributed by atoms with E-state index in [4.69, 9.17) is 9.47 Å². The molecular formula is C20H24N2O3S. The number of aromatic nitrogens is 1. The van der Waals surface area contributed by atoms with E-state index >= 15 is 0 Å². The number of carbonyl (C=O) groups is 1. The molecule has 0 radical (unpaired) electrons. The standard InChI is InChI=1S/C20H24N2O3S/c23-20(22-10-11-24-18-9-5-4-8-17(18)22)12-15-14-26-19(21-15)13-25-16-6-2-1-3-7-16/h1-3,6-7,14,17-18H,4-5,8-13H2. The van der Waals surface area contributed by atoms with Crippen molar-refractivity contribution in [3.63, 3.8) is 0 Å². The number of nitrogens with zero attached hydrogens (tertiary/aromatic N) is 2. The first-order valence-corrected chi connectivity index (χ1v) is 10.2. The van der Waals surface area contributed by atoms with Crippen molar-refractivity contribution in [1.29, 1.82) is 0 Å². The number of amides is 1. The molecule has 2 aromatic rings. The average Bonchev–Trinajstić information content (AvgIpc) is 3.14. The van der Waals surface area contributed by atoms with E-state index in [0.717, 1.165) is 29.3 Å². The molecule has 1 aromatic carbocycles. The molecule has 1 aliphatic heterocycles. The van der Waals surface area contributed by atoms with Crippen molar-refractivity contribution in [2.75, 3.05) is 13.2 Å². The molecule has 1 aliphatic carbocycles. The minimum Gasteiger partial charge on any atom is -0.486 e. The summed E-state index contributed by atoms with van der Waals surface area (Å²) in [6, 6.07) is 9.96. The van der Waals surface area contributed by atoms with Crippen LogP contribution in [0.4, 0.5) is 0 Å². The normalized spacial score (nSPS) is 22.7. The third-order valence-electron chi connectivity index (χ3n) is 5.09. The van der Waals surface area contributed by atoms with Crippen LogP contribution >= 0.6 is 11.3 Å². The molecule has 2 atom stereocenters. The van der Waals surface area contributed by atoms with Gasteiger partial charge in [0.05, 0.1) is 30.9 Å². The van der Waals surface area contributed by atoms with Crippen molar-refractivity contribution in [3.8, 4) is 5.75 Å². The summed E-state index contributed by atoms with van der Waals surface area (Å²) in [7, 11) is 0. The zero-order chi connectivity index (χ0) is 17.8. The van der Waals surface area contributed by atoms with E-state index in [-0.39, 0.29) is 18.1 Å². The smallest absolute Gasteiger partial charge is 0.229 e. The summed E-state index contributed by atoms with van der Waals surface area (Å²) in [6.07, 6.45) is 5.12. The van der Waals surface area contributed by atoms with Crippen LogP contribution in [0, 0.1) is 0 Å². The summed E-state index contributed by atoms with van der Waals surface area (Å²) in [6.45, 7) is 1.79. The van der Waals surface area contributed by atoms with Gasteiger partial charge in [0.2, 0.25) is 5.91 Å². The molecule has 1 amide bonds. The Labute approximate surface area is 157 Å². The highest BCUT2D eigenvalue weighted by Crippen LogP contribution is 2.29. The van der Waals surface area contributed by atoms with Crippen molar-refractivity contribution < 1.29 is 14.3 Å². The predicted octanol–water partition coefficient (Wildman–Crippen LogP) is 3.43. The van der Waals surface area contributed by atoms with Gasteiger partial charge in [-0.3, -0.25) is 4.79 Å². The predicted molar refractivity (Wildman–Crippen MR) is 100 cm³/mol. The minimum atomic E-state index is 0.172. The van der Waals surface area contributed by atoms with Crippen LogP contribution in [0.1, 0.15) is 36.4 Å². The van der Waals surface area contributed by atoms with Gasteiger partial charge in [0, 0.05) is 11.9 Å². The van der Waals surface area contributed by atoms with E-state index in [0.29, 0.717) is 26.2 Å². The molecule has 6 heteroatoms. The van der Waals surface area contributed by atoms with Crippen LogP contribution in [0.3, 0.4) is 0 Å². The Morgan fingerprint density at radius 1 is 1.27 bits per heavy atom. The second kappa shape index (κ2) is 8.18. The van der Waals surface area contributed by atoms with Crippen LogP contribution in [-0.2, 0) is 22.6 Å². The number of rotatable bonds is 5. The van der Waals surface area contributed by atoms with Gasteiger partial charge in [-0.25, -0.2) is 4.98 Å². The molecule has 2 heterocycles. The van der Waals surface area contributed by atoms with Crippen molar-refractivity contribution in [2.45, 2.75) is 50.9 Å². The molecule has 0 spiro atoms. The average molecular weight is 372 g/mol. The first-order chi connectivity index (χ1) is 12.8. The van der Waals surface area contributed by atoms with Crippen LogP contribution in [-0.4, -0.2) is 41.1 Å². The molecule has 1 saturated carbocycles. The van der Waals surface area contributed by atoms with Gasteiger partial charge in [-0.05, 0) is 25.0 Å². The maximum absolute atomic E-state index is 12.8. The number of hydrogen-bond donors (Lipinski definition) is 0. The summed E-state index contributed by atoms with van der Waals surface area (Å²) < 4.78 is 11.6. The lowest BCUT2D eigenvalue weighted by Crippen LogP contribution is -2.55. The fourth-order valence-electron chi connectivity index (χ4n) is 3.82. The number of ether oxygens (including phenoxy) is 2. The van der Waals surface area contributed by atoms with Crippen molar-refractivity contribution >= 4 is 17.2 Å². The summed E-state index contributed by atoms with van der Waals surface area (Å²) in [5.74, 6) is 1.00. The lowest BCUT2D eigenvalue weighted by Gasteiger charge is -2.43. The van der Waals surface area contributed by atoms with Gasteiger partial charge in [-0.1, -0.05) is 31.0 Å². The van der Waals surface area contributed by atoms with E-state index in [2.05, 4.69) is 4.98 Å². The highest BCUT2D eigenvalue weighted by atomic mass is 32.1. The third kappa shape index (κ3) is 4.07. The molecular weight excluding hydrogens is 348 g/mol. The summed E-state index contributed by atoms with van der Waals surface area (Å²) >= 11 is 1.55. The second-order valence-corrected chi connectivity index (χ2v) is 7.80. The zero-order valence-electron chi connectivity index (χ0n) is 14.8. The third-order valence-corrected chi connectivity index (χ3v) is 5.96. The number of para-hydroxylation sites is 1. The number of fused-ring (bicyclic) bond motifs is 1. The summed E-state index contributed by atoms with van der Waals surface area (Å²) in [5, 5.41) is 2.87. The first kappa shape index (κ1) is 17.5. The molecule has 2 fully saturated rings. The largest absolute Gasteiger partial charge is 0.486 e. The van der Waals surface area contributed by atoms with E-state index < -0.39 is 0 Å². The molecule has 26 heavy (non-hydrogen) atoms. The van der Waals surface area contributed by atoms with E-state index in [1.807, 2.05) is 40.6 Å². The molecule has 0 N–H and O–H groups in total. The highest BCUT2D eigenvalue weighted by Gasteiger charge is 2.36. The van der Waals surface area contributed by atoms with Gasteiger partial charge in [-0.15, -0.1) is 11.3 Å². The lowest BCUT2D eigenvalue weighted by molar-refractivity contribution is -0.148. The van der Waals surface area contributed by atoms with Gasteiger partial charge in [0.15, 0.2) is 0 Å². The number of morpholine rings is 1. The molecule has 138 valence electrons. The lowest BCUT2D eigenvalue weighted by atomic mass is 9.90. The van der Waals surface area contributed by atoms with Gasteiger partial charge >= 0.3 is 0 Å². The number of hydrogen-bond acceptors (Lipinski definition) is 5. The SMILES string of the molecule is O=C(Cc1csc(COc2ccccc2)n1)N1CCOC2CCCCC21. The molecule has 2 unspecified atom stereocenters. The minimum absolute atomic E-state index is 0.172. The highest BCUT2D eigenvalue weighted by molar-refractivity contribution is 7.09. The van der Waals surface area contributed by atoms with Crippen LogP contribution in [0.15, 0.2) is 35.7 Å². The number of benzene rings is 1. The Hall–Kier alpha value is -1.92. The fraction of sp³-hybridized carbons (Fsp3) is 0.500. The van der Waals surface area contributed by atoms with Crippen molar-refractivity contribution in [2.24, 2.45) is 0 Å². The Morgan fingerprint density at radius 2 is 2.12 bits per heavy atom. The van der Waals surface area contributed by atoms with Crippen LogP contribution in [0.25, 0.3) is 0 Å². The zero-order valence-corrected chi connectivity index (χ0v) is 15.6. The molecule has 2 aliphatic rings. The summed E-state index contributed by atoms with van der Waals surface area (Å²) in [5.41, 5.74) is 0.838. The number of thiazole rings is 1. The van der Waals surface area contributed by atoms with Gasteiger partial charge < -0.3 is 14.4 Å². The molecule has 1 saturated heterocycles. The maximum Gasteiger partial charge on any atom is 0.229 e. The van der Waals surface area contributed by atoms with E-state index in [9.17, 15) is 4.79 Å². The quantitative estimate of drug-likeness (QED) is 0.807. The first-order valence-electron chi connectivity index (χ1n) is 9.32. The van der Waals surface area contributed by atoms with Gasteiger partial charge in [0.25, 0.3) is 0 Å². The van der Waals surface area contributed by atoms with Gasteiger partial charge in [-0.2, -0.15) is 0 Å². The molecule has 5 nitrogen and oxygen atoms in total. The van der Waals surface area contributed by atoms with Crippen molar-refractivity contribution in [3.05, 3.63) is 46.4 Å². The van der Waals surface area contributed by atoms with Crippen LogP contribution in [0.2, 0.25) is 0 Å². The fourth-order valence-corrected chi connectivity index (χ4v) is 4.53. The Kier molecular flexibility index (Phi) is 5.51. The summed E-state index contributed by atoms with van der Waals surface area (Å²) in [4.78, 5) is 19.4. The van der Waals surface area contributed by atoms with E-state index in [1.54, 1.807) is 11.3 Å². The maximum atomic E-state index is 12.8. The monoisotopic (exact) mass is 372 g/mol. The second-order valence-electron chi connectivity index (χ2n) is 6.86. The van der Waals surface area contributed by atoms with Crippen molar-refractivity contribution in [1.82, 2.24) is 9.88 Å². The molecule has 1 aromatic heterocycles. The van der Waals surface area contributed by atoms with E-state index in [1.165, 1.54) is 12.8 Å². The van der Waals surface area contributed by atoms with Crippen LogP contribution in [0.5, 0.6) is 5.75 Å². The molecule has 0 bridgehead atoms.